The predicted molar refractivity (Wildman–Crippen MR) is 86.7 cm³/mol. The van der Waals surface area contributed by atoms with Crippen molar-refractivity contribution in [2.75, 3.05) is 5.73 Å². The lowest BCUT2D eigenvalue weighted by molar-refractivity contribution is 0.345. The van der Waals surface area contributed by atoms with Gasteiger partial charge in [0.2, 0.25) is 0 Å². The summed E-state index contributed by atoms with van der Waals surface area (Å²) in [4.78, 5) is 0. The molecule has 1 saturated carbocycles. The van der Waals surface area contributed by atoms with Crippen molar-refractivity contribution in [1.29, 1.82) is 0 Å². The van der Waals surface area contributed by atoms with Crippen LogP contribution in [0.3, 0.4) is 0 Å². The second kappa shape index (κ2) is 6.56. The van der Waals surface area contributed by atoms with E-state index in [9.17, 15) is 0 Å². The van der Waals surface area contributed by atoms with Crippen LogP contribution < -0.4 is 5.73 Å². The van der Waals surface area contributed by atoms with Crippen molar-refractivity contribution in [3.8, 4) is 11.4 Å². The molecule has 1 aromatic carbocycles. The predicted octanol–water partition coefficient (Wildman–Crippen LogP) is 3.97. The molecule has 0 amide bonds. The molecule has 1 aliphatic carbocycles. The van der Waals surface area contributed by atoms with Crippen molar-refractivity contribution >= 4 is 21.6 Å². The maximum absolute atomic E-state index is 5.93. The number of hydrogen-bond donors (Lipinski definition) is 1. The fraction of sp³-hybridized carbons (Fsp3) is 0.533. The smallest absolute Gasteiger partial charge is 0.182 e. The van der Waals surface area contributed by atoms with Crippen LogP contribution in [0.5, 0.6) is 0 Å². The largest absolute Gasteiger partial charge is 0.399 e. The second-order valence-corrected chi connectivity index (χ2v) is 6.63. The molecule has 1 aliphatic rings. The van der Waals surface area contributed by atoms with Crippen molar-refractivity contribution in [3.05, 3.63) is 22.7 Å². The normalized spacial score (nSPS) is 17.4. The minimum Gasteiger partial charge on any atom is -0.399 e. The van der Waals surface area contributed by atoms with Gasteiger partial charge < -0.3 is 5.73 Å². The molecule has 3 rings (SSSR count). The summed E-state index contributed by atoms with van der Waals surface area (Å²) in [6, 6.07) is 6.22. The molecule has 21 heavy (non-hydrogen) atoms. The summed E-state index contributed by atoms with van der Waals surface area (Å²) in [6.07, 6.45) is 8.81. The van der Waals surface area contributed by atoms with Gasteiger partial charge in [0.1, 0.15) is 0 Å². The molecule has 2 aromatic rings. The summed E-state index contributed by atoms with van der Waals surface area (Å²) < 4.78 is 2.94. The monoisotopic (exact) mass is 349 g/mol. The lowest BCUT2D eigenvalue weighted by Gasteiger charge is -2.20. The van der Waals surface area contributed by atoms with Crippen LogP contribution in [-0.2, 0) is 0 Å². The summed E-state index contributed by atoms with van der Waals surface area (Å²) in [6.45, 7) is 0. The Bertz CT molecular complexity index is 582. The zero-order valence-electron chi connectivity index (χ0n) is 12.0. The Morgan fingerprint density at radius 2 is 1.76 bits per heavy atom. The molecule has 112 valence electrons. The van der Waals surface area contributed by atoms with E-state index in [2.05, 4.69) is 31.5 Å². The summed E-state index contributed by atoms with van der Waals surface area (Å²) in [5.74, 6) is 0.813. The number of rotatable bonds is 2. The quantitative estimate of drug-likeness (QED) is 0.832. The van der Waals surface area contributed by atoms with Crippen LogP contribution in [0.4, 0.5) is 5.69 Å². The lowest BCUT2D eigenvalue weighted by Crippen LogP contribution is -2.14. The molecular weight excluding hydrogens is 330 g/mol. The summed E-state index contributed by atoms with van der Waals surface area (Å²) in [5, 5.41) is 12.4. The SMILES string of the molecule is Nc1cc(Br)cc(-c2nnnn2C2CCCCCCC2)c1. The molecule has 0 saturated heterocycles. The highest BCUT2D eigenvalue weighted by atomic mass is 79.9. The molecule has 5 nitrogen and oxygen atoms in total. The van der Waals surface area contributed by atoms with Crippen molar-refractivity contribution in [3.63, 3.8) is 0 Å². The van der Waals surface area contributed by atoms with Gasteiger partial charge in [0, 0.05) is 15.7 Å². The van der Waals surface area contributed by atoms with Gasteiger partial charge >= 0.3 is 0 Å². The summed E-state index contributed by atoms with van der Waals surface area (Å²) in [7, 11) is 0. The average Bonchev–Trinajstić information content (AvgIpc) is 2.86. The highest BCUT2D eigenvalue weighted by Gasteiger charge is 2.19. The number of aromatic nitrogens is 4. The fourth-order valence-corrected chi connectivity index (χ4v) is 3.56. The number of nitrogens with zero attached hydrogens (tertiary/aromatic N) is 4. The van der Waals surface area contributed by atoms with E-state index in [1.54, 1.807) is 0 Å². The van der Waals surface area contributed by atoms with Gasteiger partial charge in [0.05, 0.1) is 6.04 Å². The average molecular weight is 350 g/mol. The first-order chi connectivity index (χ1) is 10.2. The van der Waals surface area contributed by atoms with Gasteiger partial charge in [-0.3, -0.25) is 0 Å². The van der Waals surface area contributed by atoms with Crippen LogP contribution >= 0.6 is 15.9 Å². The molecule has 0 radical (unpaired) electrons. The molecule has 0 atom stereocenters. The first-order valence-corrected chi connectivity index (χ1v) is 8.37. The first-order valence-electron chi connectivity index (χ1n) is 7.58. The van der Waals surface area contributed by atoms with Crippen molar-refractivity contribution in [1.82, 2.24) is 20.2 Å². The van der Waals surface area contributed by atoms with Gasteiger partial charge in [0.25, 0.3) is 0 Å². The summed E-state index contributed by atoms with van der Waals surface area (Å²) >= 11 is 3.48. The third kappa shape index (κ3) is 3.43. The van der Waals surface area contributed by atoms with Gasteiger partial charge in [-0.1, -0.05) is 48.0 Å². The highest BCUT2D eigenvalue weighted by Crippen LogP contribution is 2.30. The van der Waals surface area contributed by atoms with Crippen molar-refractivity contribution < 1.29 is 0 Å². The number of hydrogen-bond acceptors (Lipinski definition) is 4. The molecule has 1 fully saturated rings. The van der Waals surface area contributed by atoms with Gasteiger partial charge in [-0.2, -0.15) is 0 Å². The molecule has 6 heteroatoms. The molecule has 2 N–H and O–H groups in total. The Labute approximate surface area is 133 Å². The van der Waals surface area contributed by atoms with Crippen LogP contribution in [0.25, 0.3) is 11.4 Å². The third-order valence-corrected chi connectivity index (χ3v) is 4.55. The van der Waals surface area contributed by atoms with Gasteiger partial charge in [-0.25, -0.2) is 4.68 Å². The Hall–Kier alpha value is -1.43. The Kier molecular flexibility index (Phi) is 4.53. The zero-order valence-corrected chi connectivity index (χ0v) is 13.6. The zero-order chi connectivity index (χ0) is 14.7. The van der Waals surface area contributed by atoms with Crippen LogP contribution in [0.15, 0.2) is 22.7 Å². The van der Waals surface area contributed by atoms with E-state index in [4.69, 9.17) is 5.73 Å². The van der Waals surface area contributed by atoms with E-state index in [1.807, 2.05) is 22.9 Å². The van der Waals surface area contributed by atoms with E-state index in [1.165, 1.54) is 32.1 Å². The molecule has 0 bridgehead atoms. The molecule has 1 heterocycles. The summed E-state index contributed by atoms with van der Waals surface area (Å²) in [5.41, 5.74) is 7.61. The second-order valence-electron chi connectivity index (χ2n) is 5.72. The Morgan fingerprint density at radius 1 is 1.05 bits per heavy atom. The number of anilines is 1. The Morgan fingerprint density at radius 3 is 2.48 bits per heavy atom. The number of benzene rings is 1. The number of tetrazole rings is 1. The standard InChI is InChI=1S/C15H20BrN5/c16-12-8-11(9-13(17)10-12)15-18-19-20-21(15)14-6-4-2-1-3-5-7-14/h8-10,14H,1-7,17H2. The van der Waals surface area contributed by atoms with E-state index < -0.39 is 0 Å². The topological polar surface area (TPSA) is 69.6 Å². The number of nitrogens with two attached hydrogens (primary N) is 1. The number of nitrogen functional groups attached to an aromatic ring is 1. The van der Waals surface area contributed by atoms with Crippen molar-refractivity contribution in [2.24, 2.45) is 0 Å². The minimum atomic E-state index is 0.399. The fourth-order valence-electron chi connectivity index (χ4n) is 3.05. The van der Waals surface area contributed by atoms with Crippen LogP contribution in [0.2, 0.25) is 0 Å². The van der Waals surface area contributed by atoms with E-state index >= 15 is 0 Å². The minimum absolute atomic E-state index is 0.399. The van der Waals surface area contributed by atoms with E-state index in [-0.39, 0.29) is 0 Å². The van der Waals surface area contributed by atoms with E-state index in [0.717, 1.165) is 28.7 Å². The number of halogens is 1. The van der Waals surface area contributed by atoms with Crippen molar-refractivity contribution in [2.45, 2.75) is 51.0 Å². The lowest BCUT2D eigenvalue weighted by atomic mass is 9.96. The van der Waals surface area contributed by atoms with Crippen LogP contribution in [-0.4, -0.2) is 20.2 Å². The molecule has 0 unspecified atom stereocenters. The maximum atomic E-state index is 5.93. The first kappa shape index (κ1) is 14.5. The molecule has 1 aromatic heterocycles. The molecule has 0 spiro atoms. The van der Waals surface area contributed by atoms with Gasteiger partial charge in [0.15, 0.2) is 5.82 Å². The van der Waals surface area contributed by atoms with Crippen LogP contribution in [0.1, 0.15) is 51.0 Å². The van der Waals surface area contributed by atoms with Crippen LogP contribution in [0, 0.1) is 0 Å². The highest BCUT2D eigenvalue weighted by molar-refractivity contribution is 9.10. The van der Waals surface area contributed by atoms with Gasteiger partial charge in [-0.15, -0.1) is 5.10 Å². The Balaban J connectivity index is 1.92. The molecular formula is C15H20BrN5. The third-order valence-electron chi connectivity index (χ3n) is 4.09. The van der Waals surface area contributed by atoms with E-state index in [0.29, 0.717) is 11.7 Å². The maximum Gasteiger partial charge on any atom is 0.182 e. The molecule has 0 aliphatic heterocycles. The van der Waals surface area contributed by atoms with Gasteiger partial charge in [-0.05, 0) is 41.5 Å².